The van der Waals surface area contributed by atoms with Gasteiger partial charge < -0.3 is 4.74 Å². The highest BCUT2D eigenvalue weighted by Crippen LogP contribution is 2.25. The monoisotopic (exact) mass is 342 g/mol. The molecule has 0 aromatic heterocycles. The third kappa shape index (κ3) is 3.66. The Hall–Kier alpha value is 0.310. The lowest BCUT2D eigenvalue weighted by Gasteiger charge is -2.42. The van der Waals surface area contributed by atoms with Gasteiger partial charge in [-0.3, -0.25) is 0 Å². The second kappa shape index (κ2) is 6.17. The Labute approximate surface area is 119 Å². The van der Waals surface area contributed by atoms with Crippen LogP contribution in [-0.4, -0.2) is 60.2 Å². The summed E-state index contributed by atoms with van der Waals surface area (Å²) in [5.41, 5.74) is -0.448. The largest absolute Gasteiger partial charge is 0.369 e. The summed E-state index contributed by atoms with van der Waals surface area (Å²) in [6, 6.07) is 0. The minimum Gasteiger partial charge on any atom is -0.369 e. The van der Waals surface area contributed by atoms with Crippen molar-refractivity contribution in [2.24, 2.45) is 0 Å². The van der Waals surface area contributed by atoms with E-state index in [0.29, 0.717) is 31.5 Å². The number of hydrogen-bond donors (Lipinski definition) is 0. The molecule has 0 spiro atoms. The molecule has 108 valence electrons. The fourth-order valence-electron chi connectivity index (χ4n) is 2.21. The van der Waals surface area contributed by atoms with Gasteiger partial charge in [-0.2, -0.15) is 17.0 Å². The molecule has 0 aliphatic carbocycles. The van der Waals surface area contributed by atoms with Crippen LogP contribution in [0.15, 0.2) is 0 Å². The van der Waals surface area contributed by atoms with E-state index in [4.69, 9.17) is 4.74 Å². The summed E-state index contributed by atoms with van der Waals surface area (Å²) in [5.74, 6) is 0. The van der Waals surface area contributed by atoms with Crippen molar-refractivity contribution < 1.29 is 13.2 Å². The van der Waals surface area contributed by atoms with Gasteiger partial charge in [-0.05, 0) is 13.8 Å². The summed E-state index contributed by atoms with van der Waals surface area (Å²) >= 11 is 3.37. The van der Waals surface area contributed by atoms with E-state index >= 15 is 0 Å². The second-order valence-corrected chi connectivity index (χ2v) is 7.61. The fraction of sp³-hybridized carbons (Fsp3) is 1.00. The predicted octanol–water partition coefficient (Wildman–Crippen LogP) is 1.45. The van der Waals surface area contributed by atoms with Crippen LogP contribution in [0.25, 0.3) is 0 Å². The van der Waals surface area contributed by atoms with Crippen molar-refractivity contribution >= 4 is 26.1 Å². The fourth-order valence-corrected chi connectivity index (χ4v) is 4.36. The molecule has 18 heavy (non-hydrogen) atoms. The summed E-state index contributed by atoms with van der Waals surface area (Å²) in [7, 11) is -3.37. The van der Waals surface area contributed by atoms with Gasteiger partial charge in [0.2, 0.25) is 0 Å². The third-order valence-corrected chi connectivity index (χ3v) is 5.80. The van der Waals surface area contributed by atoms with E-state index in [1.807, 2.05) is 27.7 Å². The van der Waals surface area contributed by atoms with Crippen molar-refractivity contribution in [3.05, 3.63) is 0 Å². The molecule has 1 atom stereocenters. The number of hydrogen-bond acceptors (Lipinski definition) is 3. The van der Waals surface area contributed by atoms with Gasteiger partial charge in [0.25, 0.3) is 10.2 Å². The van der Waals surface area contributed by atoms with E-state index in [2.05, 4.69) is 15.9 Å². The van der Waals surface area contributed by atoms with E-state index in [-0.39, 0.29) is 6.10 Å². The molecule has 1 rings (SSSR count). The van der Waals surface area contributed by atoms with Gasteiger partial charge >= 0.3 is 0 Å². The number of halogens is 1. The van der Waals surface area contributed by atoms with Crippen LogP contribution in [0, 0.1) is 0 Å². The standard InChI is InChI=1S/C11H23BrN2O3S/c1-5-13(6-2)18(15,16)14-8-10(7-12)17-11(3,4)9-14/h10H,5-9H2,1-4H3. The summed E-state index contributed by atoms with van der Waals surface area (Å²) < 4.78 is 33.8. The molecule has 5 nitrogen and oxygen atoms in total. The predicted molar refractivity (Wildman–Crippen MR) is 76.2 cm³/mol. The molecule has 0 saturated carbocycles. The Bertz CT molecular complexity index is 368. The summed E-state index contributed by atoms with van der Waals surface area (Å²) in [6.45, 7) is 9.36. The number of nitrogens with zero attached hydrogens (tertiary/aromatic N) is 2. The van der Waals surface area contributed by atoms with E-state index in [1.54, 1.807) is 0 Å². The Kier molecular flexibility index (Phi) is 5.61. The highest BCUT2D eigenvalue weighted by molar-refractivity contribution is 9.09. The highest BCUT2D eigenvalue weighted by Gasteiger charge is 2.40. The van der Waals surface area contributed by atoms with E-state index in [9.17, 15) is 8.42 Å². The van der Waals surface area contributed by atoms with Crippen LogP contribution in [0.2, 0.25) is 0 Å². The topological polar surface area (TPSA) is 49.9 Å². The number of alkyl halides is 1. The molecule has 0 amide bonds. The first-order chi connectivity index (χ1) is 8.26. The van der Waals surface area contributed by atoms with Gasteiger partial charge in [0.15, 0.2) is 0 Å². The maximum Gasteiger partial charge on any atom is 0.282 e. The SMILES string of the molecule is CCN(CC)S(=O)(=O)N1CC(CBr)OC(C)(C)C1. The van der Waals surface area contributed by atoms with Crippen LogP contribution in [-0.2, 0) is 14.9 Å². The van der Waals surface area contributed by atoms with Crippen molar-refractivity contribution in [1.82, 2.24) is 8.61 Å². The zero-order valence-corrected chi connectivity index (χ0v) is 13.9. The summed E-state index contributed by atoms with van der Waals surface area (Å²) in [5, 5.41) is 0.640. The van der Waals surface area contributed by atoms with Gasteiger partial charge in [-0.25, -0.2) is 0 Å². The molecule has 0 aromatic carbocycles. The molecule has 1 unspecified atom stereocenters. The number of morpholine rings is 1. The van der Waals surface area contributed by atoms with Crippen LogP contribution < -0.4 is 0 Å². The second-order valence-electron chi connectivity index (χ2n) is 5.04. The van der Waals surface area contributed by atoms with Crippen molar-refractivity contribution in [2.45, 2.75) is 39.4 Å². The molecular weight excluding hydrogens is 320 g/mol. The maximum absolute atomic E-state index is 12.5. The Morgan fingerprint density at radius 3 is 2.39 bits per heavy atom. The number of rotatable bonds is 5. The molecular formula is C11H23BrN2O3S. The molecule has 0 bridgehead atoms. The lowest BCUT2D eigenvalue weighted by atomic mass is 10.1. The molecule has 1 saturated heterocycles. The van der Waals surface area contributed by atoms with Crippen LogP contribution in [0.3, 0.4) is 0 Å². The average Bonchev–Trinajstić information content (AvgIpc) is 2.28. The minimum atomic E-state index is -3.37. The molecule has 0 N–H and O–H groups in total. The molecule has 1 aliphatic rings. The van der Waals surface area contributed by atoms with Gasteiger partial charge in [0.1, 0.15) is 0 Å². The zero-order chi connectivity index (χ0) is 14.0. The summed E-state index contributed by atoms with van der Waals surface area (Å²) in [4.78, 5) is 0. The molecule has 0 aromatic rings. The van der Waals surface area contributed by atoms with Crippen LogP contribution in [0.1, 0.15) is 27.7 Å². The van der Waals surface area contributed by atoms with Gasteiger partial charge in [0.05, 0.1) is 11.7 Å². The quantitative estimate of drug-likeness (QED) is 0.710. The van der Waals surface area contributed by atoms with Gasteiger partial charge in [-0.15, -0.1) is 0 Å². The molecule has 1 aliphatic heterocycles. The Balaban J connectivity index is 2.94. The van der Waals surface area contributed by atoms with Gasteiger partial charge in [0, 0.05) is 31.5 Å². The van der Waals surface area contributed by atoms with Crippen molar-refractivity contribution in [1.29, 1.82) is 0 Å². The average molecular weight is 343 g/mol. The van der Waals surface area contributed by atoms with E-state index < -0.39 is 15.8 Å². The van der Waals surface area contributed by atoms with E-state index in [0.717, 1.165) is 0 Å². The zero-order valence-electron chi connectivity index (χ0n) is 11.5. The van der Waals surface area contributed by atoms with Crippen molar-refractivity contribution in [2.75, 3.05) is 31.5 Å². The maximum atomic E-state index is 12.5. The van der Waals surface area contributed by atoms with Crippen LogP contribution in [0.4, 0.5) is 0 Å². The first kappa shape index (κ1) is 16.4. The van der Waals surface area contributed by atoms with Crippen molar-refractivity contribution in [3.8, 4) is 0 Å². The van der Waals surface area contributed by atoms with Crippen molar-refractivity contribution in [3.63, 3.8) is 0 Å². The first-order valence-electron chi connectivity index (χ1n) is 6.25. The highest BCUT2D eigenvalue weighted by atomic mass is 79.9. The molecule has 7 heteroatoms. The normalized spacial score (nSPS) is 25.6. The van der Waals surface area contributed by atoms with Gasteiger partial charge in [-0.1, -0.05) is 29.8 Å². The smallest absolute Gasteiger partial charge is 0.282 e. The first-order valence-corrected chi connectivity index (χ1v) is 8.77. The number of ether oxygens (including phenoxy) is 1. The Morgan fingerprint density at radius 1 is 1.39 bits per heavy atom. The molecule has 1 fully saturated rings. The molecule has 1 heterocycles. The minimum absolute atomic E-state index is 0.0981. The lowest BCUT2D eigenvalue weighted by Crippen LogP contribution is -2.58. The van der Waals surface area contributed by atoms with Crippen LogP contribution in [0.5, 0.6) is 0 Å². The Morgan fingerprint density at radius 2 is 1.94 bits per heavy atom. The van der Waals surface area contributed by atoms with E-state index in [1.165, 1.54) is 8.61 Å². The third-order valence-electron chi connectivity index (χ3n) is 2.98. The lowest BCUT2D eigenvalue weighted by molar-refractivity contribution is -0.107. The van der Waals surface area contributed by atoms with Crippen LogP contribution >= 0.6 is 15.9 Å². The summed E-state index contributed by atoms with van der Waals surface area (Å²) in [6.07, 6.45) is -0.0981. The molecule has 0 radical (unpaired) electrons.